The maximum Gasteiger partial charge on any atom is 0.275 e. The van der Waals surface area contributed by atoms with Crippen LogP contribution in [0.15, 0.2) is 17.0 Å². The van der Waals surface area contributed by atoms with Crippen LogP contribution in [0.3, 0.4) is 0 Å². The van der Waals surface area contributed by atoms with Crippen LogP contribution in [-0.4, -0.2) is 30.8 Å². The number of aliphatic hydroxyl groups excluding tert-OH is 1. The van der Waals surface area contributed by atoms with Crippen LogP contribution in [0.25, 0.3) is 0 Å². The van der Waals surface area contributed by atoms with Gasteiger partial charge in [0.2, 0.25) is 0 Å². The van der Waals surface area contributed by atoms with Gasteiger partial charge in [0, 0.05) is 17.7 Å². The molecule has 114 valence electrons. The number of hydrogen-bond acceptors (Lipinski definition) is 5. The fourth-order valence-corrected chi connectivity index (χ4v) is 3.21. The molecule has 0 radical (unpaired) electrons. The third-order valence-electron chi connectivity index (χ3n) is 2.58. The van der Waals surface area contributed by atoms with E-state index in [9.17, 15) is 18.5 Å². The number of sulfone groups is 1. The average Bonchev–Trinajstić information content (AvgIpc) is 2.37. The Balaban J connectivity index is 0.00000172. The molecule has 0 heterocycles. The molecule has 1 aromatic rings. The van der Waals surface area contributed by atoms with E-state index in [1.165, 1.54) is 26.0 Å². The molecule has 0 aliphatic carbocycles. The first kappa shape index (κ1) is 18.5. The molecule has 0 aliphatic heterocycles. The first-order chi connectivity index (χ1) is 9.29. The Morgan fingerprint density at radius 1 is 1.20 bits per heavy atom. The SMILES string of the molecule is CC.Cc1cc(S(=O)(=O)CCCO)cc(C)c1[N+](=O)[O-]. The number of nitrogens with zero attached hydrogens (tertiary/aromatic N) is 1. The first-order valence-electron chi connectivity index (χ1n) is 6.39. The lowest BCUT2D eigenvalue weighted by molar-refractivity contribution is -0.386. The lowest BCUT2D eigenvalue weighted by Crippen LogP contribution is -2.09. The number of nitro groups is 1. The summed E-state index contributed by atoms with van der Waals surface area (Å²) in [5, 5.41) is 19.4. The minimum atomic E-state index is -3.49. The van der Waals surface area contributed by atoms with Gasteiger partial charge in [0.05, 0.1) is 15.6 Å². The predicted octanol–water partition coefficient (Wildman–Crippen LogP) is 2.39. The van der Waals surface area contributed by atoms with Crippen LogP contribution in [0, 0.1) is 24.0 Å². The van der Waals surface area contributed by atoms with Gasteiger partial charge in [0.25, 0.3) is 5.69 Å². The van der Waals surface area contributed by atoms with Crippen molar-refractivity contribution in [2.24, 2.45) is 0 Å². The molecule has 0 unspecified atom stereocenters. The van der Waals surface area contributed by atoms with Gasteiger partial charge < -0.3 is 5.11 Å². The minimum Gasteiger partial charge on any atom is -0.396 e. The molecule has 6 nitrogen and oxygen atoms in total. The highest BCUT2D eigenvalue weighted by Gasteiger charge is 2.21. The third kappa shape index (κ3) is 4.57. The van der Waals surface area contributed by atoms with Gasteiger partial charge in [-0.2, -0.15) is 0 Å². The summed E-state index contributed by atoms with van der Waals surface area (Å²) in [6.07, 6.45) is 0.150. The quantitative estimate of drug-likeness (QED) is 0.665. The van der Waals surface area contributed by atoms with Crippen molar-refractivity contribution in [2.75, 3.05) is 12.4 Å². The van der Waals surface area contributed by atoms with Crippen molar-refractivity contribution in [3.05, 3.63) is 33.4 Å². The topological polar surface area (TPSA) is 97.5 Å². The molecule has 0 spiro atoms. The fourth-order valence-electron chi connectivity index (χ4n) is 1.76. The molecule has 7 heteroatoms. The summed E-state index contributed by atoms with van der Waals surface area (Å²) in [4.78, 5) is 10.3. The Morgan fingerprint density at radius 3 is 2.00 bits per heavy atom. The van der Waals surface area contributed by atoms with Crippen LogP contribution in [-0.2, 0) is 9.84 Å². The highest BCUT2D eigenvalue weighted by molar-refractivity contribution is 7.91. The van der Waals surface area contributed by atoms with E-state index in [-0.39, 0.29) is 29.4 Å². The van der Waals surface area contributed by atoms with Gasteiger partial charge in [-0.3, -0.25) is 10.1 Å². The van der Waals surface area contributed by atoms with Crippen LogP contribution in [0.1, 0.15) is 31.4 Å². The van der Waals surface area contributed by atoms with Crippen LogP contribution >= 0.6 is 0 Å². The van der Waals surface area contributed by atoms with Crippen LogP contribution < -0.4 is 0 Å². The third-order valence-corrected chi connectivity index (χ3v) is 4.36. The maximum absolute atomic E-state index is 11.9. The van der Waals surface area contributed by atoms with E-state index in [4.69, 9.17) is 5.11 Å². The summed E-state index contributed by atoms with van der Waals surface area (Å²) in [6, 6.07) is 2.61. The second-order valence-electron chi connectivity index (χ2n) is 4.06. The highest BCUT2D eigenvalue weighted by atomic mass is 32.2. The lowest BCUT2D eigenvalue weighted by atomic mass is 10.1. The molecule has 0 atom stereocenters. The molecule has 0 saturated carbocycles. The van der Waals surface area contributed by atoms with Crippen LogP contribution in [0.2, 0.25) is 0 Å². The average molecular weight is 303 g/mol. The Kier molecular flexibility index (Phi) is 7.38. The van der Waals surface area contributed by atoms with E-state index >= 15 is 0 Å². The smallest absolute Gasteiger partial charge is 0.275 e. The molecular weight excluding hydrogens is 282 g/mol. The van der Waals surface area contributed by atoms with E-state index in [0.717, 1.165) is 0 Å². The van der Waals surface area contributed by atoms with E-state index in [1.54, 1.807) is 0 Å². The van der Waals surface area contributed by atoms with Gasteiger partial charge in [0.15, 0.2) is 9.84 Å². The number of nitro benzene ring substituents is 1. The van der Waals surface area contributed by atoms with Gasteiger partial charge in [-0.15, -0.1) is 0 Å². The summed E-state index contributed by atoms with van der Waals surface area (Å²) in [6.45, 7) is 6.82. The van der Waals surface area contributed by atoms with Crippen molar-refractivity contribution in [1.82, 2.24) is 0 Å². The van der Waals surface area contributed by atoms with Crippen molar-refractivity contribution in [3.8, 4) is 0 Å². The summed E-state index contributed by atoms with van der Waals surface area (Å²) in [5.74, 6) is -0.166. The number of aryl methyl sites for hydroxylation is 2. The van der Waals surface area contributed by atoms with Gasteiger partial charge in [-0.25, -0.2) is 8.42 Å². The Bertz CT molecular complexity index is 543. The van der Waals surface area contributed by atoms with Crippen molar-refractivity contribution in [1.29, 1.82) is 0 Å². The van der Waals surface area contributed by atoms with E-state index in [1.807, 2.05) is 13.8 Å². The predicted molar refractivity (Wildman–Crippen MR) is 77.7 cm³/mol. The number of rotatable bonds is 5. The van der Waals surface area contributed by atoms with Gasteiger partial charge >= 0.3 is 0 Å². The monoisotopic (exact) mass is 303 g/mol. The molecule has 1 rings (SSSR count). The van der Waals surface area contributed by atoms with Crippen molar-refractivity contribution in [3.63, 3.8) is 0 Å². The zero-order chi connectivity index (χ0) is 15.9. The maximum atomic E-state index is 11.9. The number of hydrogen-bond donors (Lipinski definition) is 1. The van der Waals surface area contributed by atoms with E-state index < -0.39 is 14.8 Å². The van der Waals surface area contributed by atoms with E-state index in [0.29, 0.717) is 11.1 Å². The highest BCUT2D eigenvalue weighted by Crippen LogP contribution is 2.27. The molecule has 0 aromatic heterocycles. The second-order valence-corrected chi connectivity index (χ2v) is 6.17. The zero-order valence-corrected chi connectivity index (χ0v) is 13.0. The standard InChI is InChI=1S/C11H15NO5S.C2H6/c1-8-6-10(18(16,17)5-3-4-13)7-9(2)11(8)12(14)15;1-2/h6-7,13H,3-5H2,1-2H3;1-2H3. The Labute approximate surface area is 119 Å². The molecule has 1 aromatic carbocycles. The Hall–Kier alpha value is -1.47. The van der Waals surface area contributed by atoms with Gasteiger partial charge in [-0.1, -0.05) is 13.8 Å². The first-order valence-corrected chi connectivity index (χ1v) is 8.04. The normalized spacial score (nSPS) is 10.7. The summed E-state index contributed by atoms with van der Waals surface area (Å²) >= 11 is 0. The van der Waals surface area contributed by atoms with Crippen molar-refractivity contribution in [2.45, 2.75) is 39.0 Å². The largest absolute Gasteiger partial charge is 0.396 e. The molecule has 0 saturated heterocycles. The van der Waals surface area contributed by atoms with Crippen LogP contribution in [0.4, 0.5) is 5.69 Å². The van der Waals surface area contributed by atoms with E-state index in [2.05, 4.69) is 0 Å². The van der Waals surface area contributed by atoms with Crippen LogP contribution in [0.5, 0.6) is 0 Å². The lowest BCUT2D eigenvalue weighted by Gasteiger charge is -2.07. The van der Waals surface area contributed by atoms with Gasteiger partial charge in [0.1, 0.15) is 0 Å². The molecule has 0 amide bonds. The van der Waals surface area contributed by atoms with Gasteiger partial charge in [-0.05, 0) is 32.4 Å². The number of aliphatic hydroxyl groups is 1. The molecule has 20 heavy (non-hydrogen) atoms. The summed E-state index contributed by atoms with van der Waals surface area (Å²) < 4.78 is 23.8. The van der Waals surface area contributed by atoms with Crippen molar-refractivity contribution < 1.29 is 18.4 Å². The Morgan fingerprint density at radius 2 is 1.65 bits per heavy atom. The molecular formula is C13H21NO5S. The molecule has 0 aliphatic rings. The molecule has 1 N–H and O–H groups in total. The summed E-state index contributed by atoms with van der Waals surface area (Å²) in [7, 11) is -3.49. The fraction of sp³-hybridized carbons (Fsp3) is 0.538. The number of benzene rings is 1. The van der Waals surface area contributed by atoms with Crippen molar-refractivity contribution >= 4 is 15.5 Å². The summed E-state index contributed by atoms with van der Waals surface area (Å²) in [5.41, 5.74) is 0.584. The minimum absolute atomic E-state index is 0.0592. The zero-order valence-electron chi connectivity index (χ0n) is 12.2. The molecule has 0 bridgehead atoms. The molecule has 0 fully saturated rings. The second kappa shape index (κ2) is 7.96.